The Labute approximate surface area is 129 Å². The molecular formula is C14H19N3O4S. The largest absolute Gasteiger partial charge is 0.469 e. The van der Waals surface area contributed by atoms with Crippen molar-refractivity contribution in [3.8, 4) is 0 Å². The Kier molecular flexibility index (Phi) is 4.72. The average Bonchev–Trinajstić information content (AvgIpc) is 3.08. The minimum absolute atomic E-state index is 0.0568. The monoisotopic (exact) mass is 325 g/mol. The summed E-state index contributed by atoms with van der Waals surface area (Å²) in [6.45, 7) is 1.86. The van der Waals surface area contributed by atoms with Gasteiger partial charge in [-0.25, -0.2) is 13.1 Å². The van der Waals surface area contributed by atoms with Gasteiger partial charge in [0, 0.05) is 25.7 Å². The summed E-state index contributed by atoms with van der Waals surface area (Å²) in [5, 5.41) is 2.82. The zero-order valence-electron chi connectivity index (χ0n) is 12.7. The number of hydrogen-bond acceptors (Lipinski definition) is 4. The Morgan fingerprint density at radius 1 is 1.45 bits per heavy atom. The van der Waals surface area contributed by atoms with Gasteiger partial charge >= 0.3 is 0 Å². The van der Waals surface area contributed by atoms with E-state index >= 15 is 0 Å². The van der Waals surface area contributed by atoms with Gasteiger partial charge in [-0.3, -0.25) is 4.79 Å². The summed E-state index contributed by atoms with van der Waals surface area (Å²) in [5.74, 6) is 0.442. The van der Waals surface area contributed by atoms with Crippen molar-refractivity contribution in [3.63, 3.8) is 0 Å². The van der Waals surface area contributed by atoms with Crippen molar-refractivity contribution in [3.05, 3.63) is 42.1 Å². The Morgan fingerprint density at radius 2 is 2.18 bits per heavy atom. The molecular weight excluding hydrogens is 306 g/mol. The van der Waals surface area contributed by atoms with Gasteiger partial charge in [-0.05, 0) is 32.2 Å². The summed E-state index contributed by atoms with van der Waals surface area (Å²) in [6, 6.07) is 4.83. The van der Waals surface area contributed by atoms with Gasteiger partial charge < -0.3 is 14.3 Å². The molecule has 2 aromatic rings. The molecule has 0 saturated carbocycles. The van der Waals surface area contributed by atoms with E-state index < -0.39 is 10.0 Å². The summed E-state index contributed by atoms with van der Waals surface area (Å²) in [6.07, 6.45) is 3.54. The predicted molar refractivity (Wildman–Crippen MR) is 81.0 cm³/mol. The Balaban J connectivity index is 2.10. The highest BCUT2D eigenvalue weighted by Crippen LogP contribution is 2.13. The van der Waals surface area contributed by atoms with Gasteiger partial charge in [0.05, 0.1) is 6.26 Å². The van der Waals surface area contributed by atoms with E-state index in [1.54, 1.807) is 19.4 Å². The summed E-state index contributed by atoms with van der Waals surface area (Å²) >= 11 is 0. The van der Waals surface area contributed by atoms with Crippen LogP contribution >= 0.6 is 0 Å². The van der Waals surface area contributed by atoms with E-state index in [0.29, 0.717) is 6.42 Å². The van der Waals surface area contributed by atoms with Crippen LogP contribution in [0.15, 0.2) is 40.0 Å². The quantitative estimate of drug-likeness (QED) is 0.825. The van der Waals surface area contributed by atoms with E-state index in [4.69, 9.17) is 4.42 Å². The van der Waals surface area contributed by atoms with E-state index in [-0.39, 0.29) is 22.5 Å². The lowest BCUT2D eigenvalue weighted by molar-refractivity contribution is 0.0931. The number of amides is 1. The summed E-state index contributed by atoms with van der Waals surface area (Å²) < 4.78 is 32.5. The number of carbonyl (C=O) groups is 1. The second kappa shape index (κ2) is 6.37. The van der Waals surface area contributed by atoms with Crippen molar-refractivity contribution < 1.29 is 17.6 Å². The number of carbonyl (C=O) groups excluding carboxylic acids is 1. The number of furan rings is 1. The molecule has 7 nitrogen and oxygen atoms in total. The summed E-state index contributed by atoms with van der Waals surface area (Å²) in [5.41, 5.74) is 0.278. The number of hydrogen-bond donors (Lipinski definition) is 2. The van der Waals surface area contributed by atoms with Crippen molar-refractivity contribution >= 4 is 15.9 Å². The highest BCUT2D eigenvalue weighted by Gasteiger charge is 2.20. The van der Waals surface area contributed by atoms with Crippen molar-refractivity contribution in [2.24, 2.45) is 7.05 Å². The van der Waals surface area contributed by atoms with Crippen LogP contribution in [0.5, 0.6) is 0 Å². The van der Waals surface area contributed by atoms with Crippen LogP contribution < -0.4 is 10.0 Å². The standard InChI is InChI=1S/C14H19N3O4S/c1-10(7-11-5-4-6-21-11)16-14(18)13-8-12(9-17(13)3)22(19,20)15-2/h4-6,8-10,15H,7H2,1-3H3,(H,16,18)/t10-/m1/s1. The first-order chi connectivity index (χ1) is 10.3. The number of sulfonamides is 1. The highest BCUT2D eigenvalue weighted by molar-refractivity contribution is 7.89. The van der Waals surface area contributed by atoms with Gasteiger partial charge in [0.1, 0.15) is 16.3 Å². The molecule has 0 radical (unpaired) electrons. The normalized spacial score (nSPS) is 13.0. The Hall–Kier alpha value is -2.06. The third kappa shape index (κ3) is 3.58. The van der Waals surface area contributed by atoms with Crippen LogP contribution in [0, 0.1) is 0 Å². The van der Waals surface area contributed by atoms with E-state index in [2.05, 4.69) is 10.0 Å². The molecule has 1 atom stereocenters. The highest BCUT2D eigenvalue weighted by atomic mass is 32.2. The number of nitrogens with one attached hydrogen (secondary N) is 2. The topological polar surface area (TPSA) is 93.3 Å². The molecule has 120 valence electrons. The van der Waals surface area contributed by atoms with Crippen molar-refractivity contribution in [2.75, 3.05) is 7.05 Å². The Bertz CT molecular complexity index is 747. The maximum Gasteiger partial charge on any atom is 0.268 e. The fraction of sp³-hybridized carbons (Fsp3) is 0.357. The van der Waals surface area contributed by atoms with Crippen LogP contribution in [-0.2, 0) is 23.5 Å². The molecule has 0 aliphatic heterocycles. The fourth-order valence-electron chi connectivity index (χ4n) is 2.10. The molecule has 2 aromatic heterocycles. The van der Waals surface area contributed by atoms with Crippen LogP contribution in [0.4, 0.5) is 0 Å². The second-order valence-corrected chi connectivity index (χ2v) is 6.92. The van der Waals surface area contributed by atoms with E-state index in [0.717, 1.165) is 5.76 Å². The number of aryl methyl sites for hydroxylation is 1. The van der Waals surface area contributed by atoms with Crippen LogP contribution in [0.1, 0.15) is 23.2 Å². The molecule has 8 heteroatoms. The van der Waals surface area contributed by atoms with Crippen LogP contribution in [-0.4, -0.2) is 32.0 Å². The third-order valence-electron chi connectivity index (χ3n) is 3.26. The first-order valence-electron chi connectivity index (χ1n) is 6.76. The van der Waals surface area contributed by atoms with Gasteiger partial charge in [0.25, 0.3) is 5.91 Å². The van der Waals surface area contributed by atoms with Gasteiger partial charge in [-0.2, -0.15) is 0 Å². The van der Waals surface area contributed by atoms with Crippen molar-refractivity contribution in [1.29, 1.82) is 0 Å². The first kappa shape index (κ1) is 16.3. The molecule has 1 amide bonds. The molecule has 0 saturated heterocycles. The molecule has 2 heterocycles. The van der Waals surface area contributed by atoms with E-state index in [1.165, 1.54) is 23.9 Å². The lowest BCUT2D eigenvalue weighted by Crippen LogP contribution is -2.34. The van der Waals surface area contributed by atoms with Gasteiger partial charge in [-0.15, -0.1) is 0 Å². The molecule has 2 N–H and O–H groups in total. The summed E-state index contributed by atoms with van der Waals surface area (Å²) in [7, 11) is -0.616. The zero-order chi connectivity index (χ0) is 16.3. The van der Waals surface area contributed by atoms with Gasteiger partial charge in [0.15, 0.2) is 0 Å². The van der Waals surface area contributed by atoms with Gasteiger partial charge in [-0.1, -0.05) is 0 Å². The smallest absolute Gasteiger partial charge is 0.268 e. The molecule has 0 unspecified atom stereocenters. The molecule has 2 rings (SSSR count). The first-order valence-corrected chi connectivity index (χ1v) is 8.25. The Morgan fingerprint density at radius 3 is 2.77 bits per heavy atom. The summed E-state index contributed by atoms with van der Waals surface area (Å²) in [4.78, 5) is 12.3. The molecule has 0 aliphatic rings. The predicted octanol–water partition coefficient (Wildman–Crippen LogP) is 0.887. The maximum absolute atomic E-state index is 12.3. The van der Waals surface area contributed by atoms with Crippen LogP contribution in [0.25, 0.3) is 0 Å². The minimum Gasteiger partial charge on any atom is -0.469 e. The zero-order valence-corrected chi connectivity index (χ0v) is 13.5. The van der Waals surface area contributed by atoms with Crippen LogP contribution in [0.2, 0.25) is 0 Å². The molecule has 0 aliphatic carbocycles. The second-order valence-electron chi connectivity index (χ2n) is 5.04. The SMILES string of the molecule is CNS(=O)(=O)c1cc(C(=O)N[C@H](C)Cc2ccco2)n(C)c1. The average molecular weight is 325 g/mol. The molecule has 0 fully saturated rings. The minimum atomic E-state index is -3.57. The lowest BCUT2D eigenvalue weighted by atomic mass is 10.2. The molecule has 0 spiro atoms. The van der Waals surface area contributed by atoms with E-state index in [9.17, 15) is 13.2 Å². The van der Waals surface area contributed by atoms with E-state index in [1.807, 2.05) is 13.0 Å². The third-order valence-corrected chi connectivity index (χ3v) is 4.64. The maximum atomic E-state index is 12.3. The number of aromatic nitrogens is 1. The lowest BCUT2D eigenvalue weighted by Gasteiger charge is -2.12. The van der Waals surface area contributed by atoms with Gasteiger partial charge in [0.2, 0.25) is 10.0 Å². The number of rotatable bonds is 6. The van der Waals surface area contributed by atoms with Crippen molar-refractivity contribution in [2.45, 2.75) is 24.3 Å². The van der Waals surface area contributed by atoms with Crippen molar-refractivity contribution in [1.82, 2.24) is 14.6 Å². The molecule has 0 bridgehead atoms. The fourth-order valence-corrected chi connectivity index (χ4v) is 2.90. The van der Waals surface area contributed by atoms with Crippen LogP contribution in [0.3, 0.4) is 0 Å². The molecule has 22 heavy (non-hydrogen) atoms. The molecule has 0 aromatic carbocycles. The number of nitrogens with zero attached hydrogens (tertiary/aromatic N) is 1.